The fourth-order valence-electron chi connectivity index (χ4n) is 1.41. The largest absolute Gasteiger partial charge is 0.491 e. The molecule has 1 unspecified atom stereocenters. The maximum absolute atomic E-state index is 11.0. The minimum atomic E-state index is -0.174. The zero-order valence-electron chi connectivity index (χ0n) is 8.93. The van der Waals surface area contributed by atoms with Gasteiger partial charge in [0.1, 0.15) is 31.7 Å². The highest BCUT2D eigenvalue weighted by Crippen LogP contribution is 2.10. The molecule has 0 aliphatic carbocycles. The van der Waals surface area contributed by atoms with Crippen LogP contribution in [0.2, 0.25) is 0 Å². The van der Waals surface area contributed by atoms with Crippen molar-refractivity contribution in [3.05, 3.63) is 30.3 Å². The van der Waals surface area contributed by atoms with E-state index < -0.39 is 0 Å². The molecule has 1 saturated heterocycles. The number of hydrogen-bond acceptors (Lipinski definition) is 4. The van der Waals surface area contributed by atoms with Crippen molar-refractivity contribution in [1.82, 2.24) is 0 Å². The highest BCUT2D eigenvalue weighted by Gasteiger charge is 2.17. The standard InChI is InChI=1S/C12H14O4/c13-10-6-14-8-12(15-7-10)9-16-11-4-2-1-3-5-11/h1-5,12H,6-9H2. The number of hydrogen-bond donors (Lipinski definition) is 0. The monoisotopic (exact) mass is 222 g/mol. The molecule has 0 aromatic heterocycles. The summed E-state index contributed by atoms with van der Waals surface area (Å²) in [6.07, 6.45) is -0.174. The maximum Gasteiger partial charge on any atom is 0.184 e. The second kappa shape index (κ2) is 5.63. The number of para-hydroxylation sites is 1. The van der Waals surface area contributed by atoms with Crippen LogP contribution in [-0.2, 0) is 14.3 Å². The predicted octanol–water partition coefficient (Wildman–Crippen LogP) is 1.05. The number of carbonyl (C=O) groups excluding carboxylic acids is 1. The first-order valence-electron chi connectivity index (χ1n) is 5.23. The molecular weight excluding hydrogens is 208 g/mol. The van der Waals surface area contributed by atoms with E-state index in [4.69, 9.17) is 14.2 Å². The molecule has 1 aliphatic rings. The summed E-state index contributed by atoms with van der Waals surface area (Å²) in [7, 11) is 0. The molecule has 16 heavy (non-hydrogen) atoms. The van der Waals surface area contributed by atoms with E-state index in [-0.39, 0.29) is 25.1 Å². The third kappa shape index (κ3) is 3.32. The number of carbonyl (C=O) groups is 1. The average Bonchev–Trinajstić information content (AvgIpc) is 2.53. The van der Waals surface area contributed by atoms with Crippen LogP contribution in [-0.4, -0.2) is 38.3 Å². The summed E-state index contributed by atoms with van der Waals surface area (Å²) in [6, 6.07) is 9.49. The number of ketones is 1. The van der Waals surface area contributed by atoms with E-state index in [1.54, 1.807) is 0 Å². The van der Waals surface area contributed by atoms with Gasteiger partial charge in [0.25, 0.3) is 0 Å². The molecule has 1 aliphatic heterocycles. The molecule has 2 rings (SSSR count). The maximum atomic E-state index is 11.0. The smallest absolute Gasteiger partial charge is 0.184 e. The van der Waals surface area contributed by atoms with Crippen LogP contribution in [0.1, 0.15) is 0 Å². The van der Waals surface area contributed by atoms with Crippen molar-refractivity contribution in [3.8, 4) is 5.75 Å². The molecule has 86 valence electrons. The molecule has 0 amide bonds. The SMILES string of the molecule is O=C1COCC(COc2ccccc2)OC1. The summed E-state index contributed by atoms with van der Waals surface area (Å²) in [4.78, 5) is 11.0. The summed E-state index contributed by atoms with van der Waals surface area (Å²) < 4.78 is 16.0. The number of benzene rings is 1. The lowest BCUT2D eigenvalue weighted by Crippen LogP contribution is -2.25. The normalized spacial score (nSPS) is 21.5. The van der Waals surface area contributed by atoms with Crippen LogP contribution in [0.5, 0.6) is 5.75 Å². The molecule has 0 bridgehead atoms. The Labute approximate surface area is 94.1 Å². The van der Waals surface area contributed by atoms with Crippen molar-refractivity contribution in [2.45, 2.75) is 6.10 Å². The first-order chi connectivity index (χ1) is 7.84. The Morgan fingerprint density at radius 2 is 2.06 bits per heavy atom. The van der Waals surface area contributed by atoms with Crippen LogP contribution in [0.15, 0.2) is 30.3 Å². The van der Waals surface area contributed by atoms with E-state index in [0.29, 0.717) is 13.2 Å². The average molecular weight is 222 g/mol. The van der Waals surface area contributed by atoms with Gasteiger partial charge in [-0.1, -0.05) is 18.2 Å². The second-order valence-electron chi connectivity index (χ2n) is 3.61. The minimum Gasteiger partial charge on any atom is -0.491 e. The molecule has 0 saturated carbocycles. The molecule has 4 nitrogen and oxygen atoms in total. The molecule has 1 aromatic carbocycles. The Morgan fingerprint density at radius 3 is 2.88 bits per heavy atom. The van der Waals surface area contributed by atoms with Gasteiger partial charge in [0, 0.05) is 0 Å². The first-order valence-corrected chi connectivity index (χ1v) is 5.23. The van der Waals surface area contributed by atoms with Crippen LogP contribution in [0.25, 0.3) is 0 Å². The summed E-state index contributed by atoms with van der Waals surface area (Å²) in [5, 5.41) is 0. The van der Waals surface area contributed by atoms with Crippen molar-refractivity contribution in [1.29, 1.82) is 0 Å². The number of rotatable bonds is 3. The van der Waals surface area contributed by atoms with Gasteiger partial charge in [-0.05, 0) is 12.1 Å². The van der Waals surface area contributed by atoms with Gasteiger partial charge in [0.2, 0.25) is 0 Å². The highest BCUT2D eigenvalue weighted by atomic mass is 16.6. The van der Waals surface area contributed by atoms with Gasteiger partial charge in [0.05, 0.1) is 6.61 Å². The quantitative estimate of drug-likeness (QED) is 0.766. The molecule has 0 radical (unpaired) electrons. The number of Topliss-reactive ketones (excluding diaryl/α,β-unsaturated/α-hetero) is 1. The van der Waals surface area contributed by atoms with E-state index in [9.17, 15) is 4.79 Å². The highest BCUT2D eigenvalue weighted by molar-refractivity contribution is 5.81. The van der Waals surface area contributed by atoms with Crippen LogP contribution in [0, 0.1) is 0 Å². The molecule has 1 atom stereocenters. The topological polar surface area (TPSA) is 44.8 Å². The van der Waals surface area contributed by atoms with Crippen molar-refractivity contribution in [3.63, 3.8) is 0 Å². The van der Waals surface area contributed by atoms with Gasteiger partial charge in [-0.25, -0.2) is 0 Å². The summed E-state index contributed by atoms with van der Waals surface area (Å²) in [5.41, 5.74) is 0. The van der Waals surface area contributed by atoms with Crippen molar-refractivity contribution < 1.29 is 19.0 Å². The second-order valence-corrected chi connectivity index (χ2v) is 3.61. The Balaban J connectivity index is 1.79. The summed E-state index contributed by atoms with van der Waals surface area (Å²) in [6.45, 7) is 1.06. The molecule has 1 fully saturated rings. The fourth-order valence-corrected chi connectivity index (χ4v) is 1.41. The first kappa shape index (κ1) is 11.1. The minimum absolute atomic E-state index is 0.0257. The van der Waals surface area contributed by atoms with Gasteiger partial charge in [-0.3, -0.25) is 4.79 Å². The van der Waals surface area contributed by atoms with Crippen molar-refractivity contribution >= 4 is 5.78 Å². The van der Waals surface area contributed by atoms with Gasteiger partial charge in [0.15, 0.2) is 5.78 Å². The van der Waals surface area contributed by atoms with Gasteiger partial charge < -0.3 is 14.2 Å². The molecular formula is C12H14O4. The molecule has 0 spiro atoms. The Bertz CT molecular complexity index is 336. The zero-order valence-corrected chi connectivity index (χ0v) is 8.93. The molecule has 4 heteroatoms. The van der Waals surface area contributed by atoms with E-state index in [2.05, 4.69) is 0 Å². The van der Waals surface area contributed by atoms with Crippen molar-refractivity contribution in [2.75, 3.05) is 26.4 Å². The van der Waals surface area contributed by atoms with E-state index >= 15 is 0 Å². The number of ether oxygens (including phenoxy) is 3. The van der Waals surface area contributed by atoms with Crippen LogP contribution >= 0.6 is 0 Å². The van der Waals surface area contributed by atoms with Crippen molar-refractivity contribution in [2.24, 2.45) is 0 Å². The Morgan fingerprint density at radius 1 is 1.25 bits per heavy atom. The molecule has 0 N–H and O–H groups in total. The van der Waals surface area contributed by atoms with Crippen LogP contribution in [0.4, 0.5) is 0 Å². The van der Waals surface area contributed by atoms with E-state index in [1.165, 1.54) is 0 Å². The Kier molecular flexibility index (Phi) is 3.91. The van der Waals surface area contributed by atoms with Crippen LogP contribution < -0.4 is 4.74 Å². The third-order valence-electron chi connectivity index (χ3n) is 2.23. The molecule has 1 aromatic rings. The summed E-state index contributed by atoms with van der Waals surface area (Å²) >= 11 is 0. The van der Waals surface area contributed by atoms with E-state index in [1.807, 2.05) is 30.3 Å². The predicted molar refractivity (Wildman–Crippen MR) is 57.5 cm³/mol. The lowest BCUT2D eigenvalue weighted by atomic mass is 10.3. The van der Waals surface area contributed by atoms with Gasteiger partial charge >= 0.3 is 0 Å². The Hall–Kier alpha value is -1.39. The fraction of sp³-hybridized carbons (Fsp3) is 0.417. The van der Waals surface area contributed by atoms with Crippen LogP contribution in [0.3, 0.4) is 0 Å². The lowest BCUT2D eigenvalue weighted by Gasteiger charge is -2.14. The zero-order chi connectivity index (χ0) is 11.2. The van der Waals surface area contributed by atoms with Gasteiger partial charge in [-0.2, -0.15) is 0 Å². The van der Waals surface area contributed by atoms with E-state index in [0.717, 1.165) is 5.75 Å². The molecule has 1 heterocycles. The summed E-state index contributed by atoms with van der Waals surface area (Å²) in [5.74, 6) is 0.767. The lowest BCUT2D eigenvalue weighted by molar-refractivity contribution is -0.124. The van der Waals surface area contributed by atoms with Gasteiger partial charge in [-0.15, -0.1) is 0 Å². The third-order valence-corrected chi connectivity index (χ3v) is 2.23.